The monoisotopic (exact) mass is 415 g/mol. The van der Waals surface area contributed by atoms with Gasteiger partial charge in [0.2, 0.25) is 11.7 Å². The van der Waals surface area contributed by atoms with Crippen LogP contribution < -0.4 is 10.9 Å². The Hall–Kier alpha value is -3.74. The Balaban J connectivity index is 1.80. The lowest BCUT2D eigenvalue weighted by atomic mass is 10.0. The highest BCUT2D eigenvalue weighted by Gasteiger charge is 2.21. The second-order valence-corrected chi connectivity index (χ2v) is 7.97. The summed E-state index contributed by atoms with van der Waals surface area (Å²) < 4.78 is 3.07. The minimum atomic E-state index is -0.202. The molecule has 158 valence electrons. The number of rotatable bonds is 5. The van der Waals surface area contributed by atoms with E-state index in [1.165, 1.54) is 4.52 Å². The third kappa shape index (κ3) is 3.99. The molecule has 0 saturated carbocycles. The van der Waals surface area contributed by atoms with Gasteiger partial charge in [-0.2, -0.15) is 9.50 Å². The number of anilines is 1. The second kappa shape index (κ2) is 8.18. The Bertz CT molecular complexity index is 1300. The van der Waals surface area contributed by atoms with Gasteiger partial charge in [-0.1, -0.05) is 61.9 Å². The summed E-state index contributed by atoms with van der Waals surface area (Å²) in [6.45, 7) is 7.79. The molecular formula is C24H25N5O2. The molecule has 7 nitrogen and oxygen atoms in total. The van der Waals surface area contributed by atoms with Gasteiger partial charge in [0, 0.05) is 22.5 Å². The van der Waals surface area contributed by atoms with Gasteiger partial charge in [0.15, 0.2) is 5.82 Å². The van der Waals surface area contributed by atoms with Crippen LogP contribution in [-0.2, 0) is 11.3 Å². The van der Waals surface area contributed by atoms with Crippen molar-refractivity contribution in [3.8, 4) is 11.4 Å². The Kier molecular flexibility index (Phi) is 5.42. The van der Waals surface area contributed by atoms with Crippen LogP contribution in [-0.4, -0.2) is 25.1 Å². The van der Waals surface area contributed by atoms with Gasteiger partial charge in [-0.3, -0.25) is 9.59 Å². The lowest BCUT2D eigenvalue weighted by Crippen LogP contribution is -2.29. The Labute approximate surface area is 180 Å². The van der Waals surface area contributed by atoms with Crippen molar-refractivity contribution < 1.29 is 4.79 Å². The van der Waals surface area contributed by atoms with Crippen LogP contribution >= 0.6 is 0 Å². The number of benzene rings is 2. The van der Waals surface area contributed by atoms with Gasteiger partial charge in [-0.15, -0.1) is 5.10 Å². The van der Waals surface area contributed by atoms with Crippen molar-refractivity contribution in [3.63, 3.8) is 0 Å². The maximum absolute atomic E-state index is 13.1. The number of carbonyl (C=O) groups excluding carboxylic acids is 1. The molecule has 0 aliphatic carbocycles. The van der Waals surface area contributed by atoms with Gasteiger partial charge >= 0.3 is 0 Å². The Morgan fingerprint density at radius 1 is 1.03 bits per heavy atom. The summed E-state index contributed by atoms with van der Waals surface area (Å²) >= 11 is 0. The highest BCUT2D eigenvalue weighted by atomic mass is 16.2. The third-order valence-electron chi connectivity index (χ3n) is 5.30. The number of aryl methyl sites for hydroxylation is 1. The summed E-state index contributed by atoms with van der Waals surface area (Å²) in [5, 5.41) is 7.38. The summed E-state index contributed by atoms with van der Waals surface area (Å²) in [6, 6.07) is 17.1. The summed E-state index contributed by atoms with van der Waals surface area (Å²) in [4.78, 5) is 30.6. The molecule has 4 aromatic rings. The lowest BCUT2D eigenvalue weighted by molar-refractivity contribution is -0.116. The molecule has 1 amide bonds. The maximum atomic E-state index is 13.1. The first-order valence-electron chi connectivity index (χ1n) is 10.3. The van der Waals surface area contributed by atoms with Gasteiger partial charge in [0.25, 0.3) is 5.56 Å². The summed E-state index contributed by atoms with van der Waals surface area (Å²) in [6.07, 6.45) is 0. The van der Waals surface area contributed by atoms with Crippen molar-refractivity contribution in [2.24, 2.45) is 0 Å². The number of carbonyl (C=O) groups is 1. The van der Waals surface area contributed by atoms with Crippen molar-refractivity contribution in [1.29, 1.82) is 0 Å². The number of hydrogen-bond donors (Lipinski definition) is 1. The Morgan fingerprint density at radius 3 is 2.35 bits per heavy atom. The highest BCUT2D eigenvalue weighted by molar-refractivity contribution is 5.90. The van der Waals surface area contributed by atoms with E-state index in [0.717, 1.165) is 22.5 Å². The molecule has 0 unspecified atom stereocenters. The van der Waals surface area contributed by atoms with E-state index in [1.807, 2.05) is 82.3 Å². The van der Waals surface area contributed by atoms with E-state index in [-0.39, 0.29) is 23.9 Å². The lowest BCUT2D eigenvalue weighted by Gasteiger charge is -2.17. The molecule has 1 N–H and O–H groups in total. The molecule has 0 saturated heterocycles. The molecule has 31 heavy (non-hydrogen) atoms. The molecule has 7 heteroatoms. The fourth-order valence-corrected chi connectivity index (χ4v) is 3.72. The van der Waals surface area contributed by atoms with Crippen molar-refractivity contribution in [2.75, 3.05) is 5.32 Å². The molecule has 2 aromatic carbocycles. The van der Waals surface area contributed by atoms with Gasteiger partial charge < -0.3 is 9.88 Å². The number of aromatic nitrogens is 4. The second-order valence-electron chi connectivity index (χ2n) is 7.97. The van der Waals surface area contributed by atoms with Crippen molar-refractivity contribution in [2.45, 2.75) is 40.2 Å². The van der Waals surface area contributed by atoms with E-state index >= 15 is 0 Å². The normalized spacial score (nSPS) is 11.3. The first-order valence-corrected chi connectivity index (χ1v) is 10.3. The predicted octanol–water partition coefficient (Wildman–Crippen LogP) is 3.94. The summed E-state index contributed by atoms with van der Waals surface area (Å²) in [5.74, 6) is 0.583. The minimum absolute atomic E-state index is 0.0207. The largest absolute Gasteiger partial charge is 0.325 e. The van der Waals surface area contributed by atoms with E-state index in [2.05, 4.69) is 15.4 Å². The number of fused-ring (bicyclic) bond motifs is 1. The number of amides is 1. The van der Waals surface area contributed by atoms with Crippen LogP contribution in [0.5, 0.6) is 0 Å². The minimum Gasteiger partial charge on any atom is -0.325 e. The molecule has 0 radical (unpaired) electrons. The molecule has 0 fully saturated rings. The zero-order chi connectivity index (χ0) is 22.1. The third-order valence-corrected chi connectivity index (χ3v) is 5.30. The van der Waals surface area contributed by atoms with Gasteiger partial charge in [-0.25, -0.2) is 0 Å². The maximum Gasteiger partial charge on any atom is 0.279 e. The summed E-state index contributed by atoms with van der Waals surface area (Å²) in [5.41, 5.74) is 3.80. The van der Waals surface area contributed by atoms with E-state index in [4.69, 9.17) is 0 Å². The molecule has 0 atom stereocenters. The van der Waals surface area contributed by atoms with Crippen molar-refractivity contribution >= 4 is 17.4 Å². The first-order chi connectivity index (χ1) is 14.8. The number of nitrogens with one attached hydrogen (secondary N) is 1. The molecule has 2 heterocycles. The molecular weight excluding hydrogens is 390 g/mol. The smallest absolute Gasteiger partial charge is 0.279 e. The standard InChI is InChI=1S/C24H25N5O2/c1-15(2)21-17(4)28(14-20(30)25-19-12-10-16(3)11-13-19)24-26-22(27-29(24)23(21)31)18-8-6-5-7-9-18/h5-13,15H,14H2,1-4H3,(H,25,30). The van der Waals surface area contributed by atoms with Gasteiger partial charge in [0.1, 0.15) is 6.54 Å². The van der Waals surface area contributed by atoms with Crippen LogP contribution in [0.3, 0.4) is 0 Å². The van der Waals surface area contributed by atoms with Crippen molar-refractivity contribution in [3.05, 3.63) is 81.8 Å². The van der Waals surface area contributed by atoms with Gasteiger partial charge in [-0.05, 0) is 31.9 Å². The quantitative estimate of drug-likeness (QED) is 0.535. The fraction of sp³-hybridized carbons (Fsp3) is 0.250. The molecule has 0 bridgehead atoms. The van der Waals surface area contributed by atoms with Crippen molar-refractivity contribution in [1.82, 2.24) is 19.2 Å². The first kappa shape index (κ1) is 20.5. The predicted molar refractivity (Wildman–Crippen MR) is 121 cm³/mol. The zero-order valence-corrected chi connectivity index (χ0v) is 18.1. The fourth-order valence-electron chi connectivity index (χ4n) is 3.72. The molecule has 4 rings (SSSR count). The van der Waals surface area contributed by atoms with E-state index in [1.54, 1.807) is 4.57 Å². The van der Waals surface area contributed by atoms with Gasteiger partial charge in [0.05, 0.1) is 0 Å². The average molecular weight is 415 g/mol. The van der Waals surface area contributed by atoms with Crippen LogP contribution in [0.15, 0.2) is 59.4 Å². The summed E-state index contributed by atoms with van der Waals surface area (Å²) in [7, 11) is 0. The Morgan fingerprint density at radius 2 is 1.71 bits per heavy atom. The van der Waals surface area contributed by atoms with E-state index in [9.17, 15) is 9.59 Å². The zero-order valence-electron chi connectivity index (χ0n) is 18.1. The topological polar surface area (TPSA) is 81.3 Å². The molecule has 0 aliphatic heterocycles. The number of hydrogen-bond acceptors (Lipinski definition) is 4. The molecule has 0 spiro atoms. The number of nitrogens with zero attached hydrogens (tertiary/aromatic N) is 4. The molecule has 2 aromatic heterocycles. The van der Waals surface area contributed by atoms with Crippen LogP contribution in [0.25, 0.3) is 17.2 Å². The van der Waals surface area contributed by atoms with Crippen LogP contribution in [0.2, 0.25) is 0 Å². The average Bonchev–Trinajstić information content (AvgIpc) is 3.19. The molecule has 0 aliphatic rings. The highest BCUT2D eigenvalue weighted by Crippen LogP contribution is 2.20. The van der Waals surface area contributed by atoms with E-state index < -0.39 is 0 Å². The van der Waals surface area contributed by atoms with Crippen LogP contribution in [0.4, 0.5) is 5.69 Å². The SMILES string of the molecule is Cc1ccc(NC(=O)Cn2c(C)c(C(C)C)c(=O)n3nc(-c4ccccc4)nc23)cc1. The van der Waals surface area contributed by atoms with E-state index in [0.29, 0.717) is 17.2 Å². The van der Waals surface area contributed by atoms with Crippen LogP contribution in [0, 0.1) is 13.8 Å². The van der Waals surface area contributed by atoms with Crippen LogP contribution in [0.1, 0.15) is 36.6 Å².